The topological polar surface area (TPSA) is 179 Å². The zero-order valence-electron chi connectivity index (χ0n) is 23.5. The Morgan fingerprint density at radius 1 is 1.14 bits per heavy atom. The van der Waals surface area contributed by atoms with Crippen molar-refractivity contribution in [1.29, 1.82) is 0 Å². The molecule has 2 aromatic carbocycles. The van der Waals surface area contributed by atoms with Crippen LogP contribution in [0.25, 0.3) is 10.9 Å². The van der Waals surface area contributed by atoms with E-state index in [-0.39, 0.29) is 37.1 Å². The summed E-state index contributed by atoms with van der Waals surface area (Å²) in [5, 5.41) is 20.6. The maximum absolute atomic E-state index is 13.3. The minimum atomic E-state index is -4.12. The summed E-state index contributed by atoms with van der Waals surface area (Å²) in [5.41, 5.74) is 2.80. The van der Waals surface area contributed by atoms with Gasteiger partial charge in [-0.15, -0.1) is 0 Å². The van der Waals surface area contributed by atoms with Crippen LogP contribution < -0.4 is 9.61 Å². The van der Waals surface area contributed by atoms with Crippen molar-refractivity contribution in [1.82, 2.24) is 30.2 Å². The summed E-state index contributed by atoms with van der Waals surface area (Å²) in [6.45, 7) is 1.43. The number of carboxylic acids is 1. The van der Waals surface area contributed by atoms with Crippen LogP contribution in [0, 0.1) is 0 Å². The fourth-order valence-corrected chi connectivity index (χ4v) is 6.02. The third-order valence-electron chi connectivity index (χ3n) is 6.79. The van der Waals surface area contributed by atoms with E-state index >= 15 is 0 Å². The minimum Gasteiger partial charge on any atom is -0.480 e. The molecule has 0 saturated carbocycles. The van der Waals surface area contributed by atoms with Crippen molar-refractivity contribution < 1.29 is 37.9 Å². The molecule has 4 N–H and O–H groups in total. The molecule has 3 heterocycles. The van der Waals surface area contributed by atoms with Gasteiger partial charge in [0.1, 0.15) is 17.5 Å². The number of hydrogen-bond acceptors (Lipinski definition) is 8. The molecule has 2 atom stereocenters. The van der Waals surface area contributed by atoms with Crippen molar-refractivity contribution in [2.24, 2.45) is 0 Å². The van der Waals surface area contributed by atoms with E-state index in [1.54, 1.807) is 41.3 Å². The number of aromatic nitrogens is 3. The number of nitrogens with one attached hydrogen (secondary N) is 3. The quantitative estimate of drug-likeness (QED) is 0.106. The highest BCUT2D eigenvalue weighted by molar-refractivity contribution is 7.52. The molecule has 0 saturated heterocycles. The molecule has 2 aromatic heterocycles. The molecule has 43 heavy (non-hydrogen) atoms. The van der Waals surface area contributed by atoms with Crippen LogP contribution in [0.1, 0.15) is 39.2 Å². The SMILES string of the molecule is CC(NP(=O)(OCCON(C)C(=O)c1n[nH]c2c1CN(C(=O)c1cc3ccccc3[nH]1)CC2)Oc1ccccc1)C(=O)O. The van der Waals surface area contributed by atoms with Crippen LogP contribution in [0.3, 0.4) is 0 Å². The van der Waals surface area contributed by atoms with E-state index in [9.17, 15) is 24.1 Å². The highest BCUT2D eigenvalue weighted by Gasteiger charge is 2.33. The number of rotatable bonds is 12. The van der Waals surface area contributed by atoms with Crippen molar-refractivity contribution in [2.75, 3.05) is 26.8 Å². The number of hydroxylamine groups is 2. The minimum absolute atomic E-state index is 0.114. The largest absolute Gasteiger partial charge is 0.480 e. The Morgan fingerprint density at radius 3 is 2.63 bits per heavy atom. The van der Waals surface area contributed by atoms with Crippen LogP contribution in [-0.2, 0) is 31.7 Å². The number of amides is 2. The molecular formula is C28H31N6O8P. The number of para-hydroxylation sites is 2. The van der Waals surface area contributed by atoms with Crippen molar-refractivity contribution in [3.05, 3.63) is 83.3 Å². The average molecular weight is 611 g/mol. The number of H-pyrrole nitrogens is 2. The van der Waals surface area contributed by atoms with Crippen LogP contribution in [0.15, 0.2) is 60.7 Å². The Balaban J connectivity index is 1.18. The maximum Gasteiger partial charge on any atom is 0.459 e. The normalized spacial score (nSPS) is 15.0. The van der Waals surface area contributed by atoms with Gasteiger partial charge in [-0.1, -0.05) is 36.4 Å². The fourth-order valence-electron chi connectivity index (χ4n) is 4.55. The van der Waals surface area contributed by atoms with Gasteiger partial charge in [0, 0.05) is 42.2 Å². The molecule has 0 aliphatic carbocycles. The van der Waals surface area contributed by atoms with Crippen molar-refractivity contribution in [3.8, 4) is 5.75 Å². The molecule has 4 aromatic rings. The summed E-state index contributed by atoms with van der Waals surface area (Å²) < 4.78 is 24.1. The second kappa shape index (κ2) is 12.8. The molecule has 2 amide bonds. The predicted octanol–water partition coefficient (Wildman–Crippen LogP) is 3.36. The van der Waals surface area contributed by atoms with E-state index < -0.39 is 25.7 Å². The number of nitrogens with zero attached hydrogens (tertiary/aromatic N) is 3. The smallest absolute Gasteiger partial charge is 0.459 e. The number of hydrogen-bond donors (Lipinski definition) is 4. The Bertz CT molecular complexity index is 1640. The first-order chi connectivity index (χ1) is 20.6. The first-order valence-corrected chi connectivity index (χ1v) is 15.0. The van der Waals surface area contributed by atoms with Crippen molar-refractivity contribution in [3.63, 3.8) is 0 Å². The first-order valence-electron chi connectivity index (χ1n) is 13.5. The van der Waals surface area contributed by atoms with Gasteiger partial charge < -0.3 is 19.5 Å². The Morgan fingerprint density at radius 2 is 1.88 bits per heavy atom. The number of carbonyl (C=O) groups excluding carboxylic acids is 2. The predicted molar refractivity (Wildman–Crippen MR) is 154 cm³/mol. The number of fused-ring (bicyclic) bond motifs is 2. The number of aliphatic carboxylic acids is 1. The first kappa shape index (κ1) is 30.0. The summed E-state index contributed by atoms with van der Waals surface area (Å²) in [6.07, 6.45) is 0.498. The molecule has 15 heteroatoms. The fraction of sp³-hybridized carbons (Fsp3) is 0.286. The van der Waals surface area contributed by atoms with Gasteiger partial charge in [0.2, 0.25) is 0 Å². The number of carboxylic acid groups (broad SMARTS) is 1. The molecule has 5 rings (SSSR count). The van der Waals surface area contributed by atoms with Crippen molar-refractivity contribution in [2.45, 2.75) is 25.9 Å². The van der Waals surface area contributed by atoms with Gasteiger partial charge in [-0.2, -0.15) is 10.2 Å². The van der Waals surface area contributed by atoms with E-state index in [0.717, 1.165) is 21.7 Å². The van der Waals surface area contributed by atoms with Crippen LogP contribution >= 0.6 is 7.75 Å². The third kappa shape index (κ3) is 6.95. The van der Waals surface area contributed by atoms with Gasteiger partial charge in [-0.05, 0) is 31.2 Å². The summed E-state index contributed by atoms with van der Waals surface area (Å²) in [4.78, 5) is 48.1. The van der Waals surface area contributed by atoms with Gasteiger partial charge in [0.15, 0.2) is 5.69 Å². The van der Waals surface area contributed by atoms with Gasteiger partial charge in [-0.25, -0.2) is 9.63 Å². The summed E-state index contributed by atoms with van der Waals surface area (Å²) in [6, 6.07) is 16.3. The molecule has 226 valence electrons. The van der Waals surface area contributed by atoms with Crippen LogP contribution in [0.2, 0.25) is 0 Å². The highest BCUT2D eigenvalue weighted by atomic mass is 31.2. The zero-order valence-corrected chi connectivity index (χ0v) is 24.4. The lowest BCUT2D eigenvalue weighted by Gasteiger charge is -2.27. The van der Waals surface area contributed by atoms with Crippen LogP contribution in [0.4, 0.5) is 0 Å². The van der Waals surface area contributed by atoms with Gasteiger partial charge in [0.05, 0.1) is 19.8 Å². The maximum atomic E-state index is 13.3. The molecule has 14 nitrogen and oxygen atoms in total. The summed E-state index contributed by atoms with van der Waals surface area (Å²) in [7, 11) is -2.73. The molecule has 0 bridgehead atoms. The lowest BCUT2D eigenvalue weighted by Crippen LogP contribution is -2.37. The second-order valence-corrected chi connectivity index (χ2v) is 11.5. The van der Waals surface area contributed by atoms with E-state index in [1.165, 1.54) is 14.0 Å². The zero-order chi connectivity index (χ0) is 30.6. The standard InChI is InChI=1S/C28H31N6O8P/c1-18(28(37)38)32-43(39,42-20-9-4-3-5-10-20)41-15-14-40-33(2)27(36)25-21-17-34(13-12-23(21)30-31-25)26(35)24-16-19-8-6-7-11-22(19)29-24/h3-11,16,18,29H,12-15,17H2,1-2H3,(H,30,31)(H,32,39)(H,37,38). The van der Waals surface area contributed by atoms with Crippen molar-refractivity contribution >= 4 is 36.4 Å². The molecule has 0 fully saturated rings. The number of aromatic amines is 2. The average Bonchev–Trinajstić information content (AvgIpc) is 3.63. The molecule has 0 radical (unpaired) electrons. The van der Waals surface area contributed by atoms with Gasteiger partial charge >= 0.3 is 13.7 Å². The number of benzene rings is 2. The molecule has 1 aliphatic rings. The lowest BCUT2D eigenvalue weighted by molar-refractivity contribution is -0.138. The Kier molecular flexibility index (Phi) is 8.92. The Labute approximate surface area is 246 Å². The third-order valence-corrected chi connectivity index (χ3v) is 8.47. The van der Waals surface area contributed by atoms with Crippen LogP contribution in [-0.4, -0.2) is 80.9 Å². The lowest BCUT2D eigenvalue weighted by atomic mass is 10.0. The molecule has 0 spiro atoms. The summed E-state index contributed by atoms with van der Waals surface area (Å²) >= 11 is 0. The second-order valence-electron chi connectivity index (χ2n) is 9.84. The van der Waals surface area contributed by atoms with Gasteiger partial charge in [-0.3, -0.25) is 28.8 Å². The highest BCUT2D eigenvalue weighted by Crippen LogP contribution is 2.44. The number of carbonyl (C=O) groups is 3. The monoisotopic (exact) mass is 610 g/mol. The van der Waals surface area contributed by atoms with E-state index in [1.807, 2.05) is 24.3 Å². The van der Waals surface area contributed by atoms with E-state index in [4.69, 9.17) is 13.9 Å². The van der Waals surface area contributed by atoms with Crippen LogP contribution in [0.5, 0.6) is 5.75 Å². The summed E-state index contributed by atoms with van der Waals surface area (Å²) in [5.74, 6) is -1.77. The van der Waals surface area contributed by atoms with Gasteiger partial charge in [0.25, 0.3) is 11.8 Å². The Hall–Kier alpha value is -4.49. The van der Waals surface area contributed by atoms with E-state index in [0.29, 0.717) is 24.2 Å². The molecule has 2 unspecified atom stereocenters. The molecular weight excluding hydrogens is 579 g/mol. The molecule has 1 aliphatic heterocycles. The van der Waals surface area contributed by atoms with E-state index in [2.05, 4.69) is 20.3 Å².